The summed E-state index contributed by atoms with van der Waals surface area (Å²) < 4.78 is 0. The lowest BCUT2D eigenvalue weighted by Crippen LogP contribution is -2.49. The van der Waals surface area contributed by atoms with Gasteiger partial charge in [-0.1, -0.05) is 36.5 Å². The number of carbonyl (C=O) groups is 2. The Morgan fingerprint density at radius 2 is 1.77 bits per heavy atom. The van der Waals surface area contributed by atoms with Crippen molar-refractivity contribution in [3.63, 3.8) is 0 Å². The highest BCUT2D eigenvalue weighted by Crippen LogP contribution is 2.27. The number of rotatable bonds is 3. The van der Waals surface area contributed by atoms with Crippen LogP contribution < -0.4 is 0 Å². The van der Waals surface area contributed by atoms with Gasteiger partial charge in [-0.15, -0.1) is 0 Å². The number of likely N-dealkylation sites (tertiary alicyclic amines) is 2. The molecule has 0 radical (unpaired) electrons. The summed E-state index contributed by atoms with van der Waals surface area (Å²) in [5.74, 6) is 0.664. The SMILES string of the molecule is CCC1CCCN(C(=O)C2CCCN(C(=O)c3ccc(Cl)c(Cl)c3)C2)C1. The fraction of sp³-hybridized carbons (Fsp3) is 0.600. The minimum Gasteiger partial charge on any atom is -0.342 e. The largest absolute Gasteiger partial charge is 0.342 e. The van der Waals surface area contributed by atoms with E-state index in [4.69, 9.17) is 23.2 Å². The second-order valence-electron chi connectivity index (χ2n) is 7.42. The van der Waals surface area contributed by atoms with Crippen LogP contribution in [0.2, 0.25) is 10.0 Å². The summed E-state index contributed by atoms with van der Waals surface area (Å²) in [6, 6.07) is 4.94. The Balaban J connectivity index is 1.65. The Bertz CT molecular complexity index is 680. The van der Waals surface area contributed by atoms with Crippen molar-refractivity contribution in [1.82, 2.24) is 9.80 Å². The molecule has 26 heavy (non-hydrogen) atoms. The first-order valence-electron chi connectivity index (χ1n) is 9.52. The zero-order valence-corrected chi connectivity index (χ0v) is 16.7. The molecule has 3 rings (SSSR count). The number of nitrogens with zero attached hydrogens (tertiary/aromatic N) is 2. The monoisotopic (exact) mass is 396 g/mol. The van der Waals surface area contributed by atoms with Crippen LogP contribution in [-0.4, -0.2) is 47.8 Å². The molecule has 2 unspecified atom stereocenters. The van der Waals surface area contributed by atoms with Crippen LogP contribution in [0, 0.1) is 11.8 Å². The molecule has 4 nitrogen and oxygen atoms in total. The molecule has 2 saturated heterocycles. The van der Waals surface area contributed by atoms with E-state index in [1.165, 1.54) is 6.42 Å². The summed E-state index contributed by atoms with van der Waals surface area (Å²) in [6.07, 6.45) is 5.14. The van der Waals surface area contributed by atoms with Gasteiger partial charge in [-0.2, -0.15) is 0 Å². The third kappa shape index (κ3) is 4.34. The maximum absolute atomic E-state index is 13.0. The molecule has 6 heteroatoms. The quantitative estimate of drug-likeness (QED) is 0.754. The van der Waals surface area contributed by atoms with Gasteiger partial charge < -0.3 is 9.80 Å². The second-order valence-corrected chi connectivity index (χ2v) is 8.23. The lowest BCUT2D eigenvalue weighted by molar-refractivity contribution is -0.138. The first-order chi connectivity index (χ1) is 12.5. The zero-order chi connectivity index (χ0) is 18.7. The van der Waals surface area contributed by atoms with Crippen molar-refractivity contribution in [3.8, 4) is 0 Å². The molecule has 1 aromatic rings. The molecule has 1 aromatic carbocycles. The van der Waals surface area contributed by atoms with E-state index < -0.39 is 0 Å². The second kappa shape index (κ2) is 8.62. The fourth-order valence-electron chi connectivity index (χ4n) is 4.03. The van der Waals surface area contributed by atoms with E-state index in [2.05, 4.69) is 6.92 Å². The highest BCUT2D eigenvalue weighted by atomic mass is 35.5. The van der Waals surface area contributed by atoms with Crippen molar-refractivity contribution in [2.24, 2.45) is 11.8 Å². The van der Waals surface area contributed by atoms with Gasteiger partial charge in [0.25, 0.3) is 5.91 Å². The van der Waals surface area contributed by atoms with E-state index in [0.29, 0.717) is 34.6 Å². The Kier molecular flexibility index (Phi) is 6.46. The standard InChI is InChI=1S/C20H26Cl2N2O2/c1-2-14-5-3-9-23(12-14)20(26)16-6-4-10-24(13-16)19(25)15-7-8-17(21)18(22)11-15/h7-8,11,14,16H,2-6,9-10,12-13H2,1H3. The number of amides is 2. The number of hydrogen-bond donors (Lipinski definition) is 0. The number of carbonyl (C=O) groups excluding carboxylic acids is 2. The molecule has 2 fully saturated rings. The van der Waals surface area contributed by atoms with Crippen LogP contribution in [0.1, 0.15) is 49.4 Å². The van der Waals surface area contributed by atoms with Gasteiger partial charge in [-0.3, -0.25) is 9.59 Å². The molecule has 142 valence electrons. The first kappa shape index (κ1) is 19.5. The Labute approximate surface area is 165 Å². The molecule has 2 aliphatic rings. The van der Waals surface area contributed by atoms with Crippen LogP contribution in [0.4, 0.5) is 0 Å². The van der Waals surface area contributed by atoms with E-state index in [1.54, 1.807) is 23.1 Å². The molecule has 0 aromatic heterocycles. The Morgan fingerprint density at radius 3 is 2.50 bits per heavy atom. The van der Waals surface area contributed by atoms with Crippen LogP contribution in [-0.2, 0) is 4.79 Å². The van der Waals surface area contributed by atoms with Crippen LogP contribution in [0.3, 0.4) is 0 Å². The maximum Gasteiger partial charge on any atom is 0.253 e. The highest BCUT2D eigenvalue weighted by Gasteiger charge is 2.33. The van der Waals surface area contributed by atoms with Gasteiger partial charge in [0.05, 0.1) is 16.0 Å². The van der Waals surface area contributed by atoms with Gasteiger partial charge in [0.15, 0.2) is 0 Å². The van der Waals surface area contributed by atoms with Gasteiger partial charge in [0, 0.05) is 31.7 Å². The summed E-state index contributed by atoms with van der Waals surface area (Å²) in [6.45, 7) is 5.09. The maximum atomic E-state index is 13.0. The normalized spacial score (nSPS) is 23.8. The van der Waals surface area contributed by atoms with Gasteiger partial charge in [-0.25, -0.2) is 0 Å². The van der Waals surface area contributed by atoms with Gasteiger partial charge in [-0.05, 0) is 49.8 Å². The van der Waals surface area contributed by atoms with Crippen LogP contribution in [0.25, 0.3) is 0 Å². The minimum atomic E-state index is -0.0916. The Hall–Kier alpha value is -1.26. The summed E-state index contributed by atoms with van der Waals surface area (Å²) in [5.41, 5.74) is 0.525. The van der Waals surface area contributed by atoms with Crippen molar-refractivity contribution >= 4 is 35.0 Å². The molecule has 2 amide bonds. The van der Waals surface area contributed by atoms with Gasteiger partial charge in [0.2, 0.25) is 5.91 Å². The number of halogens is 2. The number of piperidine rings is 2. The average Bonchev–Trinajstić information content (AvgIpc) is 2.69. The molecule has 0 N–H and O–H groups in total. The molecule has 0 bridgehead atoms. The van der Waals surface area contributed by atoms with E-state index in [9.17, 15) is 9.59 Å². The summed E-state index contributed by atoms with van der Waals surface area (Å²) in [5, 5.41) is 0.812. The smallest absolute Gasteiger partial charge is 0.253 e. The molecule has 0 aliphatic carbocycles. The number of benzene rings is 1. The van der Waals surface area contributed by atoms with E-state index in [1.807, 2.05) is 4.90 Å². The molecule has 2 aliphatic heterocycles. The van der Waals surface area contributed by atoms with Crippen LogP contribution in [0.15, 0.2) is 18.2 Å². The lowest BCUT2D eigenvalue weighted by atomic mass is 9.92. The molecular weight excluding hydrogens is 371 g/mol. The topological polar surface area (TPSA) is 40.6 Å². The molecular formula is C20H26Cl2N2O2. The van der Waals surface area contributed by atoms with Crippen molar-refractivity contribution < 1.29 is 9.59 Å². The molecule has 0 saturated carbocycles. The average molecular weight is 397 g/mol. The fourth-order valence-corrected chi connectivity index (χ4v) is 4.33. The van der Waals surface area contributed by atoms with Gasteiger partial charge >= 0.3 is 0 Å². The summed E-state index contributed by atoms with van der Waals surface area (Å²) in [4.78, 5) is 29.6. The van der Waals surface area contributed by atoms with Crippen LogP contribution >= 0.6 is 23.2 Å². The van der Waals surface area contributed by atoms with Gasteiger partial charge in [0.1, 0.15) is 0 Å². The zero-order valence-electron chi connectivity index (χ0n) is 15.2. The summed E-state index contributed by atoms with van der Waals surface area (Å²) >= 11 is 12.0. The van der Waals surface area contributed by atoms with Crippen LogP contribution in [0.5, 0.6) is 0 Å². The molecule has 2 heterocycles. The molecule has 2 atom stereocenters. The minimum absolute atomic E-state index is 0.0776. The highest BCUT2D eigenvalue weighted by molar-refractivity contribution is 6.42. The van der Waals surface area contributed by atoms with E-state index in [0.717, 1.165) is 38.8 Å². The van der Waals surface area contributed by atoms with Crippen molar-refractivity contribution in [3.05, 3.63) is 33.8 Å². The molecule has 0 spiro atoms. The predicted octanol–water partition coefficient (Wildman–Crippen LogP) is 4.49. The third-order valence-electron chi connectivity index (χ3n) is 5.63. The third-order valence-corrected chi connectivity index (χ3v) is 6.37. The van der Waals surface area contributed by atoms with E-state index >= 15 is 0 Å². The van der Waals surface area contributed by atoms with Crippen molar-refractivity contribution in [2.45, 2.75) is 39.0 Å². The number of hydrogen-bond acceptors (Lipinski definition) is 2. The predicted molar refractivity (Wildman–Crippen MR) is 105 cm³/mol. The first-order valence-corrected chi connectivity index (χ1v) is 10.3. The summed E-state index contributed by atoms with van der Waals surface area (Å²) in [7, 11) is 0. The van der Waals surface area contributed by atoms with E-state index in [-0.39, 0.29) is 17.7 Å². The van der Waals surface area contributed by atoms with Crippen molar-refractivity contribution in [2.75, 3.05) is 26.2 Å². The van der Waals surface area contributed by atoms with Crippen molar-refractivity contribution in [1.29, 1.82) is 0 Å². The Morgan fingerprint density at radius 1 is 1.04 bits per heavy atom. The lowest BCUT2D eigenvalue weighted by Gasteiger charge is -2.38.